The van der Waals surface area contributed by atoms with Gasteiger partial charge in [0.1, 0.15) is 5.76 Å². The number of methoxy groups -OCH3 is 1. The molecule has 0 bridgehead atoms. The third kappa shape index (κ3) is 3.34. The molecule has 0 radical (unpaired) electrons. The lowest BCUT2D eigenvalue weighted by Crippen LogP contribution is -2.12. The predicted molar refractivity (Wildman–Crippen MR) is 75.3 cm³/mol. The summed E-state index contributed by atoms with van der Waals surface area (Å²) in [5.41, 5.74) is 1.36. The van der Waals surface area contributed by atoms with Crippen LogP contribution >= 0.6 is 0 Å². The van der Waals surface area contributed by atoms with Crippen molar-refractivity contribution in [2.24, 2.45) is 0 Å². The van der Waals surface area contributed by atoms with Crippen LogP contribution in [0.2, 0.25) is 0 Å². The van der Waals surface area contributed by atoms with Crippen LogP contribution in [0.3, 0.4) is 0 Å². The maximum absolute atomic E-state index is 11.2. The van der Waals surface area contributed by atoms with Gasteiger partial charge in [0.2, 0.25) is 0 Å². The van der Waals surface area contributed by atoms with Crippen molar-refractivity contribution in [1.29, 1.82) is 0 Å². The average molecular weight is 294 g/mol. The lowest BCUT2D eigenvalue weighted by molar-refractivity contribution is -0.142. The molecule has 0 aliphatic heterocycles. The second kappa shape index (κ2) is 7.10. The molecule has 0 spiro atoms. The fraction of sp³-hybridized carbons (Fsp3) is 0.400. The number of carbonyl (C=O) groups is 1. The van der Waals surface area contributed by atoms with Gasteiger partial charge in [0.25, 0.3) is 0 Å². The molecule has 0 atom stereocenters. The Morgan fingerprint density at radius 3 is 2.67 bits per heavy atom. The van der Waals surface area contributed by atoms with E-state index in [4.69, 9.17) is 14.3 Å². The molecular formula is C15H18O6. The van der Waals surface area contributed by atoms with Crippen LogP contribution in [-0.4, -0.2) is 43.1 Å². The highest BCUT2D eigenvalue weighted by Crippen LogP contribution is 2.33. The minimum absolute atomic E-state index is 0.0136. The van der Waals surface area contributed by atoms with Crippen molar-refractivity contribution >= 4 is 16.9 Å². The SMILES string of the molecule is COC(=O)COc1cccc2c(CCO)c(CCO)oc12. The number of ether oxygens (including phenoxy) is 2. The van der Waals surface area contributed by atoms with E-state index in [2.05, 4.69) is 4.74 Å². The molecule has 2 N–H and O–H groups in total. The molecule has 0 saturated carbocycles. The topological polar surface area (TPSA) is 89.1 Å². The minimum Gasteiger partial charge on any atom is -0.478 e. The molecule has 6 heteroatoms. The molecule has 2 rings (SSSR count). The van der Waals surface area contributed by atoms with Crippen LogP contribution in [0.5, 0.6) is 5.75 Å². The Kier molecular flexibility index (Phi) is 5.19. The summed E-state index contributed by atoms with van der Waals surface area (Å²) < 4.78 is 15.7. The maximum Gasteiger partial charge on any atom is 0.343 e. The summed E-state index contributed by atoms with van der Waals surface area (Å²) in [6.07, 6.45) is 0.795. The fourth-order valence-electron chi connectivity index (χ4n) is 2.19. The first-order chi connectivity index (χ1) is 10.2. The first-order valence-corrected chi connectivity index (χ1v) is 6.65. The molecular weight excluding hydrogens is 276 g/mol. The van der Waals surface area contributed by atoms with E-state index < -0.39 is 5.97 Å². The van der Waals surface area contributed by atoms with Crippen LogP contribution in [0.1, 0.15) is 11.3 Å². The number of rotatable bonds is 7. The average Bonchev–Trinajstić information content (AvgIpc) is 2.84. The van der Waals surface area contributed by atoms with Crippen LogP contribution < -0.4 is 4.74 Å². The Bertz CT molecular complexity index is 616. The van der Waals surface area contributed by atoms with Gasteiger partial charge in [-0.25, -0.2) is 4.79 Å². The molecule has 0 amide bonds. The van der Waals surface area contributed by atoms with Crippen LogP contribution in [0.4, 0.5) is 0 Å². The molecule has 6 nitrogen and oxygen atoms in total. The number of hydrogen-bond donors (Lipinski definition) is 2. The molecule has 1 aromatic carbocycles. The van der Waals surface area contributed by atoms with E-state index in [1.54, 1.807) is 12.1 Å². The van der Waals surface area contributed by atoms with E-state index >= 15 is 0 Å². The highest BCUT2D eigenvalue weighted by Gasteiger charge is 2.17. The first-order valence-electron chi connectivity index (χ1n) is 6.65. The van der Waals surface area contributed by atoms with Crippen LogP contribution in [0, 0.1) is 0 Å². The van der Waals surface area contributed by atoms with Gasteiger partial charge in [-0.05, 0) is 12.5 Å². The normalized spacial score (nSPS) is 10.8. The van der Waals surface area contributed by atoms with Crippen LogP contribution in [-0.2, 0) is 22.4 Å². The van der Waals surface area contributed by atoms with Crippen molar-refractivity contribution in [1.82, 2.24) is 0 Å². The first kappa shape index (κ1) is 15.3. The zero-order chi connectivity index (χ0) is 15.2. The number of aliphatic hydroxyl groups excluding tert-OH is 2. The van der Waals surface area contributed by atoms with Gasteiger partial charge < -0.3 is 24.1 Å². The Hall–Kier alpha value is -2.05. The van der Waals surface area contributed by atoms with E-state index in [0.717, 1.165) is 10.9 Å². The number of hydrogen-bond acceptors (Lipinski definition) is 6. The van der Waals surface area contributed by atoms with Gasteiger partial charge in [-0.3, -0.25) is 0 Å². The van der Waals surface area contributed by atoms with Crippen molar-refractivity contribution in [2.45, 2.75) is 12.8 Å². The van der Waals surface area contributed by atoms with Gasteiger partial charge in [0.05, 0.1) is 13.7 Å². The summed E-state index contributed by atoms with van der Waals surface area (Å²) in [4.78, 5) is 11.2. The molecule has 0 unspecified atom stereocenters. The summed E-state index contributed by atoms with van der Waals surface area (Å²) in [5, 5.41) is 19.1. The zero-order valence-corrected chi connectivity index (χ0v) is 11.8. The second-order valence-electron chi connectivity index (χ2n) is 4.45. The monoisotopic (exact) mass is 294 g/mol. The predicted octanol–water partition coefficient (Wildman–Crippen LogP) is 1.05. The molecule has 114 valence electrons. The molecule has 0 aliphatic rings. The summed E-state index contributed by atoms with van der Waals surface area (Å²) in [6.45, 7) is -0.266. The maximum atomic E-state index is 11.2. The molecule has 0 saturated heterocycles. The van der Waals surface area contributed by atoms with E-state index in [1.807, 2.05) is 6.07 Å². The number of fused-ring (bicyclic) bond motifs is 1. The van der Waals surface area contributed by atoms with Gasteiger partial charge >= 0.3 is 5.97 Å². The van der Waals surface area contributed by atoms with Crippen molar-refractivity contribution in [3.63, 3.8) is 0 Å². The van der Waals surface area contributed by atoms with Crippen LogP contribution in [0.25, 0.3) is 11.0 Å². The quantitative estimate of drug-likeness (QED) is 0.742. The van der Waals surface area contributed by atoms with Crippen molar-refractivity contribution < 1.29 is 28.9 Å². The van der Waals surface area contributed by atoms with Gasteiger partial charge in [-0.2, -0.15) is 0 Å². The fourth-order valence-corrected chi connectivity index (χ4v) is 2.19. The van der Waals surface area contributed by atoms with Gasteiger partial charge in [-0.1, -0.05) is 12.1 Å². The van der Waals surface area contributed by atoms with Gasteiger partial charge in [0.15, 0.2) is 17.9 Å². The third-order valence-corrected chi connectivity index (χ3v) is 3.14. The number of esters is 1. The van der Waals surface area contributed by atoms with E-state index in [0.29, 0.717) is 29.9 Å². The molecule has 1 aromatic heterocycles. The molecule has 0 fully saturated rings. The Morgan fingerprint density at radius 2 is 2.00 bits per heavy atom. The Balaban J connectivity index is 2.39. The number of carbonyl (C=O) groups excluding carboxylic acids is 1. The van der Waals surface area contributed by atoms with Gasteiger partial charge in [-0.15, -0.1) is 0 Å². The highest BCUT2D eigenvalue weighted by molar-refractivity contribution is 5.87. The second-order valence-corrected chi connectivity index (χ2v) is 4.45. The lowest BCUT2D eigenvalue weighted by Gasteiger charge is -2.05. The van der Waals surface area contributed by atoms with E-state index in [-0.39, 0.29) is 19.8 Å². The highest BCUT2D eigenvalue weighted by atomic mass is 16.6. The summed E-state index contributed by atoms with van der Waals surface area (Å²) in [6, 6.07) is 5.34. The van der Waals surface area contributed by atoms with Crippen LogP contribution in [0.15, 0.2) is 22.6 Å². The van der Waals surface area contributed by atoms with Gasteiger partial charge in [0, 0.05) is 24.0 Å². The molecule has 1 heterocycles. The molecule has 0 aliphatic carbocycles. The van der Waals surface area contributed by atoms with E-state index in [9.17, 15) is 9.90 Å². The zero-order valence-electron chi connectivity index (χ0n) is 11.8. The summed E-state index contributed by atoms with van der Waals surface area (Å²) >= 11 is 0. The Labute approximate surface area is 121 Å². The van der Waals surface area contributed by atoms with E-state index in [1.165, 1.54) is 7.11 Å². The standard InChI is InChI=1S/C15H18O6/c1-19-14(18)9-20-13-4-2-3-11-10(5-7-16)12(6-8-17)21-15(11)13/h2-4,16-17H,5-9H2,1H3. The number of benzene rings is 1. The lowest BCUT2D eigenvalue weighted by atomic mass is 10.1. The largest absolute Gasteiger partial charge is 0.478 e. The number of aliphatic hydroxyl groups is 2. The van der Waals surface area contributed by atoms with Crippen molar-refractivity contribution in [3.05, 3.63) is 29.5 Å². The summed E-state index contributed by atoms with van der Waals surface area (Å²) in [5.74, 6) is 0.571. The summed E-state index contributed by atoms with van der Waals surface area (Å²) in [7, 11) is 1.29. The molecule has 2 aromatic rings. The minimum atomic E-state index is -0.482. The Morgan fingerprint density at radius 1 is 1.24 bits per heavy atom. The van der Waals surface area contributed by atoms with Crippen molar-refractivity contribution in [3.8, 4) is 5.75 Å². The number of para-hydroxylation sites is 1. The van der Waals surface area contributed by atoms with Crippen molar-refractivity contribution in [2.75, 3.05) is 26.9 Å². The third-order valence-electron chi connectivity index (χ3n) is 3.14. The molecule has 21 heavy (non-hydrogen) atoms. The smallest absolute Gasteiger partial charge is 0.343 e. The number of furan rings is 1.